The van der Waals surface area contributed by atoms with Crippen LogP contribution in [0.2, 0.25) is 0 Å². The highest BCUT2D eigenvalue weighted by atomic mass is 16.6. The Bertz CT molecular complexity index is 2130. The summed E-state index contributed by atoms with van der Waals surface area (Å²) in [5.41, 5.74) is 13.4. The third-order valence-corrected chi connectivity index (χ3v) is 10.2. The number of rotatable bonds is 8. The molecule has 0 aromatic carbocycles. The minimum absolute atomic E-state index is 0.00777. The number of hydrogen-bond donors (Lipinski definition) is 4. The van der Waals surface area contributed by atoms with Gasteiger partial charge in [0.05, 0.1) is 22.6 Å². The Balaban J connectivity index is 1.42. The standard InChI is InChI=1S/C40H48N6O4/c1-10-24-20(3)28-17-30-22(5)26(12-13-35(48)41-14-15-42-39(49)50-40(7,8)9)37(45-30)27-16-34(47)36-23(6)31(46-38(27)36)19-33-25(11-2)21(4)29(44-33)18-32(24)43-28/h10,17-19,22,26,43,46H,1,11-16H2,2-9H3,(H,41,48)(H,42,49). The smallest absolute Gasteiger partial charge is 0.407 e. The zero-order valence-electron chi connectivity index (χ0n) is 30.4. The Labute approximate surface area is 293 Å². The van der Waals surface area contributed by atoms with E-state index in [0.717, 1.165) is 79.1 Å². The van der Waals surface area contributed by atoms with Gasteiger partial charge in [-0.1, -0.05) is 26.5 Å². The summed E-state index contributed by atoms with van der Waals surface area (Å²) in [6.07, 6.45) is 3.27. The highest BCUT2D eigenvalue weighted by Crippen LogP contribution is 2.44. The number of amides is 2. The number of nitrogens with one attached hydrogen (secondary N) is 4. The zero-order valence-corrected chi connectivity index (χ0v) is 30.4. The molecule has 3 aromatic rings. The minimum atomic E-state index is -0.592. The normalized spacial score (nSPS) is 16.9. The van der Waals surface area contributed by atoms with Crippen LogP contribution in [0, 0.1) is 13.8 Å². The topological polar surface area (TPSA) is 142 Å². The molecule has 6 rings (SSSR count). The first-order valence-electron chi connectivity index (χ1n) is 17.6. The lowest BCUT2D eigenvalue weighted by molar-refractivity contribution is -0.121. The number of fused-ring (bicyclic) bond motifs is 8. The van der Waals surface area contributed by atoms with Crippen LogP contribution in [0.3, 0.4) is 0 Å². The van der Waals surface area contributed by atoms with Gasteiger partial charge in [0.2, 0.25) is 5.91 Å². The van der Waals surface area contributed by atoms with E-state index in [2.05, 4.69) is 73.1 Å². The molecule has 10 heteroatoms. The Morgan fingerprint density at radius 1 is 1.00 bits per heavy atom. The maximum absolute atomic E-state index is 13.6. The van der Waals surface area contributed by atoms with Crippen LogP contribution in [-0.2, 0) is 16.0 Å². The van der Waals surface area contributed by atoms with Crippen LogP contribution in [-0.4, -0.2) is 56.4 Å². The number of Topliss-reactive ketones (excluding diaryl/α,β-unsaturated/α-hetero) is 1. The Kier molecular flexibility index (Phi) is 9.33. The van der Waals surface area contributed by atoms with E-state index in [1.54, 1.807) is 20.8 Å². The van der Waals surface area contributed by atoms with Crippen LogP contribution in [0.25, 0.3) is 39.3 Å². The third-order valence-electron chi connectivity index (χ3n) is 10.2. The van der Waals surface area contributed by atoms with E-state index in [1.165, 1.54) is 5.57 Å². The van der Waals surface area contributed by atoms with Gasteiger partial charge in [0.25, 0.3) is 0 Å². The van der Waals surface area contributed by atoms with E-state index in [1.807, 2.05) is 13.0 Å². The number of aromatic amines is 2. The quantitative estimate of drug-likeness (QED) is 0.178. The molecule has 10 nitrogen and oxygen atoms in total. The molecule has 1 aliphatic carbocycles. The van der Waals surface area contributed by atoms with Gasteiger partial charge in [-0.3, -0.25) is 14.6 Å². The van der Waals surface area contributed by atoms with Gasteiger partial charge in [0.1, 0.15) is 5.60 Å². The molecule has 2 unspecified atom stereocenters. The molecule has 2 aliphatic heterocycles. The van der Waals surface area contributed by atoms with Crippen molar-refractivity contribution in [2.45, 2.75) is 98.5 Å². The lowest BCUT2D eigenvalue weighted by Gasteiger charge is -2.19. The fourth-order valence-electron chi connectivity index (χ4n) is 7.48. The number of aryl methyl sites for hydroxylation is 2. The van der Waals surface area contributed by atoms with Gasteiger partial charge in [-0.15, -0.1) is 0 Å². The van der Waals surface area contributed by atoms with Crippen molar-refractivity contribution >= 4 is 57.1 Å². The first-order chi connectivity index (χ1) is 23.7. The molecule has 0 spiro atoms. The molecule has 2 atom stereocenters. The minimum Gasteiger partial charge on any atom is -0.444 e. The number of hydrogen-bond acceptors (Lipinski definition) is 6. The van der Waals surface area contributed by atoms with Crippen LogP contribution in [0.1, 0.15) is 128 Å². The molecule has 0 saturated carbocycles. The fraction of sp³-hybridized carbons (Fsp3) is 0.425. The fourth-order valence-corrected chi connectivity index (χ4v) is 7.48. The van der Waals surface area contributed by atoms with Crippen LogP contribution in [0.4, 0.5) is 4.79 Å². The summed E-state index contributed by atoms with van der Waals surface area (Å²) in [7, 11) is 0. The van der Waals surface area contributed by atoms with Gasteiger partial charge in [-0.2, -0.15) is 0 Å². The van der Waals surface area contributed by atoms with Gasteiger partial charge >= 0.3 is 6.09 Å². The number of carbonyl (C=O) groups excluding carboxylic acids is 3. The van der Waals surface area contributed by atoms with E-state index in [-0.39, 0.29) is 49.5 Å². The molecule has 262 valence electrons. The van der Waals surface area contributed by atoms with Crippen LogP contribution in [0.15, 0.2) is 24.8 Å². The van der Waals surface area contributed by atoms with Crippen molar-refractivity contribution in [1.82, 2.24) is 30.6 Å². The van der Waals surface area contributed by atoms with Gasteiger partial charge in [-0.05, 0) is 94.9 Å². The van der Waals surface area contributed by atoms with Crippen molar-refractivity contribution in [3.8, 4) is 0 Å². The lowest BCUT2D eigenvalue weighted by Crippen LogP contribution is -2.37. The molecule has 4 N–H and O–H groups in total. The second-order valence-electron chi connectivity index (χ2n) is 14.6. The summed E-state index contributed by atoms with van der Waals surface area (Å²) in [6, 6.07) is 6.26. The van der Waals surface area contributed by atoms with Crippen molar-refractivity contribution < 1.29 is 19.1 Å². The maximum atomic E-state index is 13.6. The van der Waals surface area contributed by atoms with E-state index in [9.17, 15) is 14.4 Å². The number of ether oxygens (including phenoxy) is 1. The van der Waals surface area contributed by atoms with E-state index >= 15 is 0 Å². The maximum Gasteiger partial charge on any atom is 0.407 e. The summed E-state index contributed by atoms with van der Waals surface area (Å²) >= 11 is 0. The molecular weight excluding hydrogens is 628 g/mol. The number of ketones is 1. The average Bonchev–Trinajstić information content (AvgIpc) is 3.79. The second kappa shape index (κ2) is 13.4. The van der Waals surface area contributed by atoms with Crippen molar-refractivity contribution in [3.05, 3.63) is 75.4 Å². The van der Waals surface area contributed by atoms with Gasteiger partial charge in [0.15, 0.2) is 5.78 Å². The molecule has 0 fully saturated rings. The monoisotopic (exact) mass is 676 g/mol. The Morgan fingerprint density at radius 3 is 2.40 bits per heavy atom. The molecule has 8 bridgehead atoms. The number of allylic oxidation sites excluding steroid dienone is 2. The van der Waals surface area contributed by atoms with E-state index in [0.29, 0.717) is 12.0 Å². The average molecular weight is 677 g/mol. The first-order valence-corrected chi connectivity index (χ1v) is 17.6. The van der Waals surface area contributed by atoms with Crippen molar-refractivity contribution in [2.75, 3.05) is 13.1 Å². The highest BCUT2D eigenvalue weighted by molar-refractivity contribution is 6.13. The number of carbonyl (C=O) groups is 3. The van der Waals surface area contributed by atoms with Crippen LogP contribution in [0.5, 0.6) is 0 Å². The molecule has 3 aromatic heterocycles. The summed E-state index contributed by atoms with van der Waals surface area (Å²) in [5.74, 6) is -0.130. The van der Waals surface area contributed by atoms with E-state index < -0.39 is 11.7 Å². The van der Waals surface area contributed by atoms with Gasteiger partial charge in [0, 0.05) is 76.7 Å². The predicted molar refractivity (Wildman–Crippen MR) is 199 cm³/mol. The van der Waals surface area contributed by atoms with Crippen molar-refractivity contribution in [1.29, 1.82) is 0 Å². The highest BCUT2D eigenvalue weighted by Gasteiger charge is 2.36. The molecular formula is C40H48N6O4. The van der Waals surface area contributed by atoms with E-state index in [4.69, 9.17) is 14.7 Å². The SMILES string of the molecule is C=Cc1c(C)c2cc3nc(c4c5[nH]c(cc6nc(cc1[nH]2)C(C)=C6CC)c(C)c5C(=O)C4)C(CCC(=O)NCCNC(=O)OC(C)(C)C)C3C. The Morgan fingerprint density at radius 2 is 1.70 bits per heavy atom. The Hall–Kier alpha value is -4.99. The first kappa shape index (κ1) is 34.9. The van der Waals surface area contributed by atoms with Gasteiger partial charge < -0.3 is 25.3 Å². The zero-order chi connectivity index (χ0) is 36.1. The predicted octanol–water partition coefficient (Wildman–Crippen LogP) is 7.96. The van der Waals surface area contributed by atoms with Crippen molar-refractivity contribution in [3.63, 3.8) is 0 Å². The third kappa shape index (κ3) is 6.51. The summed E-state index contributed by atoms with van der Waals surface area (Å²) in [4.78, 5) is 56.2. The van der Waals surface area contributed by atoms with Crippen molar-refractivity contribution in [2.24, 2.45) is 0 Å². The number of aromatic nitrogens is 4. The molecule has 0 radical (unpaired) electrons. The number of nitrogens with zero attached hydrogens (tertiary/aromatic N) is 2. The second-order valence-corrected chi connectivity index (χ2v) is 14.6. The molecule has 3 aliphatic rings. The summed E-state index contributed by atoms with van der Waals surface area (Å²) in [6.45, 7) is 20.5. The molecule has 50 heavy (non-hydrogen) atoms. The molecule has 0 saturated heterocycles. The summed E-state index contributed by atoms with van der Waals surface area (Å²) < 4.78 is 5.27. The molecule has 2 amide bonds. The lowest BCUT2D eigenvalue weighted by atomic mass is 9.85. The number of H-pyrrole nitrogens is 2. The summed E-state index contributed by atoms with van der Waals surface area (Å²) in [5, 5.41) is 5.59. The number of alkyl carbamates (subject to hydrolysis) is 1. The molecule has 5 heterocycles. The van der Waals surface area contributed by atoms with Crippen LogP contribution >= 0.6 is 0 Å². The van der Waals surface area contributed by atoms with Gasteiger partial charge in [-0.25, -0.2) is 9.78 Å². The van der Waals surface area contributed by atoms with Crippen LogP contribution < -0.4 is 10.6 Å². The largest absolute Gasteiger partial charge is 0.444 e.